The molecule has 1 aliphatic rings. The second-order valence-electron chi connectivity index (χ2n) is 5.05. The molecule has 0 saturated carbocycles. The summed E-state index contributed by atoms with van der Waals surface area (Å²) in [6, 6.07) is 4.35. The van der Waals surface area contributed by atoms with Gasteiger partial charge in [-0.15, -0.1) is 0 Å². The highest BCUT2D eigenvalue weighted by Gasteiger charge is 2.30. The summed E-state index contributed by atoms with van der Waals surface area (Å²) >= 11 is 0. The van der Waals surface area contributed by atoms with Gasteiger partial charge in [0.1, 0.15) is 0 Å². The molecule has 1 saturated heterocycles. The number of morpholine rings is 1. The molecule has 3 heteroatoms. The number of hydrogen-bond acceptors (Lipinski definition) is 3. The van der Waals surface area contributed by atoms with Crippen LogP contribution in [0.25, 0.3) is 0 Å². The summed E-state index contributed by atoms with van der Waals surface area (Å²) in [5, 5.41) is 0. The molecule has 0 atom stereocenters. The second kappa shape index (κ2) is 5.15. The number of pyridine rings is 1. The topological polar surface area (TPSA) is 25.4 Å². The lowest BCUT2D eigenvalue weighted by atomic mass is 9.93. The molecule has 17 heavy (non-hydrogen) atoms. The molecule has 1 aromatic rings. The van der Waals surface area contributed by atoms with Crippen molar-refractivity contribution in [3.05, 3.63) is 29.6 Å². The van der Waals surface area contributed by atoms with E-state index in [0.717, 1.165) is 38.4 Å². The van der Waals surface area contributed by atoms with Gasteiger partial charge in [-0.1, -0.05) is 13.0 Å². The van der Waals surface area contributed by atoms with Crippen molar-refractivity contribution in [3.63, 3.8) is 0 Å². The molecule has 2 rings (SSSR count). The van der Waals surface area contributed by atoms with Crippen LogP contribution in [0.15, 0.2) is 18.3 Å². The maximum atomic E-state index is 5.41. The van der Waals surface area contributed by atoms with Crippen LogP contribution in [-0.2, 0) is 16.7 Å². The van der Waals surface area contributed by atoms with E-state index in [1.54, 1.807) is 0 Å². The van der Waals surface area contributed by atoms with Crippen LogP contribution in [0.1, 0.15) is 32.0 Å². The van der Waals surface area contributed by atoms with Crippen LogP contribution in [-0.4, -0.2) is 36.2 Å². The molecule has 0 aromatic carbocycles. The van der Waals surface area contributed by atoms with E-state index < -0.39 is 0 Å². The third kappa shape index (κ3) is 2.67. The first-order chi connectivity index (χ1) is 8.14. The van der Waals surface area contributed by atoms with Gasteiger partial charge in [0.25, 0.3) is 0 Å². The Bertz CT molecular complexity index is 353. The average Bonchev–Trinajstić information content (AvgIpc) is 2.40. The number of rotatable bonds is 3. The van der Waals surface area contributed by atoms with E-state index >= 15 is 0 Å². The molecule has 0 spiro atoms. The molecule has 0 aliphatic carbocycles. The van der Waals surface area contributed by atoms with Crippen LogP contribution >= 0.6 is 0 Å². The van der Waals surface area contributed by atoms with Gasteiger partial charge in [-0.25, -0.2) is 0 Å². The summed E-state index contributed by atoms with van der Waals surface area (Å²) in [4.78, 5) is 6.97. The number of aryl methyl sites for hydroxylation is 1. The maximum absolute atomic E-state index is 5.41. The maximum Gasteiger partial charge on any atom is 0.0594 e. The van der Waals surface area contributed by atoms with E-state index in [-0.39, 0.29) is 5.54 Å². The molecule has 1 fully saturated rings. The molecule has 1 aliphatic heterocycles. The van der Waals surface area contributed by atoms with Crippen molar-refractivity contribution in [2.45, 2.75) is 32.7 Å². The molecule has 94 valence electrons. The highest BCUT2D eigenvalue weighted by atomic mass is 16.5. The van der Waals surface area contributed by atoms with Gasteiger partial charge in [-0.3, -0.25) is 9.88 Å². The highest BCUT2D eigenvalue weighted by Crippen LogP contribution is 2.27. The number of ether oxygens (including phenoxy) is 1. The van der Waals surface area contributed by atoms with Crippen LogP contribution in [0.2, 0.25) is 0 Å². The fourth-order valence-electron chi connectivity index (χ4n) is 2.30. The third-order valence-corrected chi connectivity index (χ3v) is 3.70. The minimum absolute atomic E-state index is 0.0447. The average molecular weight is 234 g/mol. The van der Waals surface area contributed by atoms with Crippen LogP contribution in [0.4, 0.5) is 0 Å². The molecular weight excluding hydrogens is 212 g/mol. The summed E-state index contributed by atoms with van der Waals surface area (Å²) in [6.07, 6.45) is 3.02. The molecule has 0 N–H and O–H groups in total. The van der Waals surface area contributed by atoms with Gasteiger partial charge in [-0.05, 0) is 31.9 Å². The monoisotopic (exact) mass is 234 g/mol. The Hall–Kier alpha value is -0.930. The quantitative estimate of drug-likeness (QED) is 0.802. The van der Waals surface area contributed by atoms with Gasteiger partial charge in [-0.2, -0.15) is 0 Å². The minimum Gasteiger partial charge on any atom is -0.379 e. The van der Waals surface area contributed by atoms with Gasteiger partial charge in [0.2, 0.25) is 0 Å². The van der Waals surface area contributed by atoms with Crippen LogP contribution < -0.4 is 0 Å². The van der Waals surface area contributed by atoms with Crippen LogP contribution in [0.5, 0.6) is 0 Å². The SMILES string of the molecule is CCc1ccc(C(C)(C)N2CCOCC2)cn1. The zero-order chi connectivity index (χ0) is 12.3. The van der Waals surface area contributed by atoms with Crippen LogP contribution in [0, 0.1) is 0 Å². The molecule has 0 radical (unpaired) electrons. The Kier molecular flexibility index (Phi) is 3.79. The second-order valence-corrected chi connectivity index (χ2v) is 5.05. The Morgan fingerprint density at radius 1 is 1.29 bits per heavy atom. The van der Waals surface area contributed by atoms with Crippen molar-refractivity contribution in [3.8, 4) is 0 Å². The van der Waals surface area contributed by atoms with E-state index in [1.807, 2.05) is 6.20 Å². The molecule has 0 amide bonds. The smallest absolute Gasteiger partial charge is 0.0594 e. The molecular formula is C14H22N2O. The lowest BCUT2D eigenvalue weighted by Crippen LogP contribution is -2.48. The first kappa shape index (κ1) is 12.5. The van der Waals surface area contributed by atoms with Gasteiger partial charge in [0.05, 0.1) is 13.2 Å². The van der Waals surface area contributed by atoms with Crippen LogP contribution in [0.3, 0.4) is 0 Å². The number of hydrogen-bond donors (Lipinski definition) is 0. The van der Waals surface area contributed by atoms with Crippen molar-refractivity contribution < 1.29 is 4.74 Å². The third-order valence-electron chi connectivity index (χ3n) is 3.70. The Labute approximate surface area is 104 Å². The molecule has 1 aromatic heterocycles. The first-order valence-electron chi connectivity index (χ1n) is 6.43. The molecule has 0 bridgehead atoms. The van der Waals surface area contributed by atoms with E-state index in [2.05, 4.69) is 42.8 Å². The molecule has 3 nitrogen and oxygen atoms in total. The Morgan fingerprint density at radius 2 is 2.00 bits per heavy atom. The summed E-state index contributed by atoms with van der Waals surface area (Å²) in [7, 11) is 0. The number of aromatic nitrogens is 1. The molecule has 0 unspecified atom stereocenters. The van der Waals surface area contributed by atoms with Crippen molar-refractivity contribution in [2.75, 3.05) is 26.3 Å². The zero-order valence-electron chi connectivity index (χ0n) is 11.1. The first-order valence-corrected chi connectivity index (χ1v) is 6.43. The van der Waals surface area contributed by atoms with E-state index in [9.17, 15) is 0 Å². The largest absolute Gasteiger partial charge is 0.379 e. The summed E-state index contributed by atoms with van der Waals surface area (Å²) in [6.45, 7) is 10.3. The van der Waals surface area contributed by atoms with E-state index in [1.165, 1.54) is 5.56 Å². The van der Waals surface area contributed by atoms with Gasteiger partial charge >= 0.3 is 0 Å². The lowest BCUT2D eigenvalue weighted by molar-refractivity contribution is -0.0119. The van der Waals surface area contributed by atoms with Gasteiger partial charge in [0.15, 0.2) is 0 Å². The Morgan fingerprint density at radius 3 is 2.53 bits per heavy atom. The predicted octanol–water partition coefficient (Wildman–Crippen LogP) is 2.21. The Balaban J connectivity index is 2.17. The zero-order valence-corrected chi connectivity index (χ0v) is 11.1. The summed E-state index contributed by atoms with van der Waals surface area (Å²) in [5.74, 6) is 0. The van der Waals surface area contributed by atoms with E-state index in [0.29, 0.717) is 0 Å². The highest BCUT2D eigenvalue weighted by molar-refractivity contribution is 5.21. The van der Waals surface area contributed by atoms with E-state index in [4.69, 9.17) is 4.74 Å². The fourth-order valence-corrected chi connectivity index (χ4v) is 2.30. The fraction of sp³-hybridized carbons (Fsp3) is 0.643. The van der Waals surface area contributed by atoms with Gasteiger partial charge in [0, 0.05) is 30.5 Å². The van der Waals surface area contributed by atoms with Crippen molar-refractivity contribution in [1.29, 1.82) is 0 Å². The number of nitrogens with zero attached hydrogens (tertiary/aromatic N) is 2. The van der Waals surface area contributed by atoms with Crippen molar-refractivity contribution in [1.82, 2.24) is 9.88 Å². The van der Waals surface area contributed by atoms with Crippen molar-refractivity contribution in [2.24, 2.45) is 0 Å². The summed E-state index contributed by atoms with van der Waals surface area (Å²) in [5.41, 5.74) is 2.49. The standard InChI is InChI=1S/C14H22N2O/c1-4-13-6-5-12(11-15-13)14(2,3)16-7-9-17-10-8-16/h5-6,11H,4,7-10H2,1-3H3. The normalized spacial score (nSPS) is 18.3. The summed E-state index contributed by atoms with van der Waals surface area (Å²) < 4.78 is 5.41. The lowest BCUT2D eigenvalue weighted by Gasteiger charge is -2.41. The minimum atomic E-state index is 0.0447. The predicted molar refractivity (Wildman–Crippen MR) is 69.0 cm³/mol. The molecule has 2 heterocycles. The van der Waals surface area contributed by atoms with Crippen molar-refractivity contribution >= 4 is 0 Å². The van der Waals surface area contributed by atoms with Gasteiger partial charge < -0.3 is 4.74 Å².